The van der Waals surface area contributed by atoms with Gasteiger partial charge < -0.3 is 15.2 Å². The lowest BCUT2D eigenvalue weighted by atomic mass is 10.1. The molecule has 0 bridgehead atoms. The van der Waals surface area contributed by atoms with Gasteiger partial charge in [0.2, 0.25) is 0 Å². The number of carbonyl (C=O) groups excluding carboxylic acids is 1. The van der Waals surface area contributed by atoms with Crippen LogP contribution in [0.4, 0.5) is 0 Å². The van der Waals surface area contributed by atoms with Gasteiger partial charge in [-0.05, 0) is 31.0 Å². The second-order valence-corrected chi connectivity index (χ2v) is 4.07. The van der Waals surface area contributed by atoms with Crippen molar-refractivity contribution in [1.82, 2.24) is 5.32 Å². The zero-order valence-electron chi connectivity index (χ0n) is 9.92. The number of rotatable bonds is 5. The highest BCUT2D eigenvalue weighted by Gasteiger charge is 2.14. The first-order valence-electron chi connectivity index (χ1n) is 5.33. The van der Waals surface area contributed by atoms with Crippen molar-refractivity contribution in [2.24, 2.45) is 0 Å². The topological polar surface area (TPSA) is 58.6 Å². The van der Waals surface area contributed by atoms with Crippen LogP contribution in [0.2, 0.25) is 5.02 Å². The molecule has 5 heteroatoms. The van der Waals surface area contributed by atoms with Gasteiger partial charge in [-0.3, -0.25) is 4.79 Å². The molecule has 0 aliphatic heterocycles. The first-order valence-corrected chi connectivity index (χ1v) is 5.71. The minimum absolute atomic E-state index is 0.0476. The van der Waals surface area contributed by atoms with E-state index >= 15 is 0 Å². The van der Waals surface area contributed by atoms with Gasteiger partial charge in [-0.15, -0.1) is 0 Å². The van der Waals surface area contributed by atoms with Crippen LogP contribution in [0.25, 0.3) is 0 Å². The lowest BCUT2D eigenvalue weighted by Gasteiger charge is -2.12. The van der Waals surface area contributed by atoms with Crippen molar-refractivity contribution in [3.63, 3.8) is 0 Å². The standard InChI is InChI=1S/C12H16ClNO3/c1-8-6-9(13)7-10(11(8)17-2)12(16)14-4-3-5-15/h6-7,15H,3-5H2,1-2H3,(H,14,16). The molecular formula is C12H16ClNO3. The van der Waals surface area contributed by atoms with E-state index < -0.39 is 0 Å². The molecule has 1 amide bonds. The Morgan fingerprint density at radius 2 is 2.24 bits per heavy atom. The third-order valence-electron chi connectivity index (χ3n) is 2.31. The van der Waals surface area contributed by atoms with Crippen molar-refractivity contribution in [3.8, 4) is 5.75 Å². The zero-order chi connectivity index (χ0) is 12.8. The third kappa shape index (κ3) is 3.61. The molecular weight excluding hydrogens is 242 g/mol. The molecule has 2 N–H and O–H groups in total. The molecule has 4 nitrogen and oxygen atoms in total. The number of ether oxygens (including phenoxy) is 1. The Balaban J connectivity index is 2.91. The van der Waals surface area contributed by atoms with Crippen molar-refractivity contribution in [2.45, 2.75) is 13.3 Å². The van der Waals surface area contributed by atoms with E-state index in [1.165, 1.54) is 7.11 Å². The van der Waals surface area contributed by atoms with Crippen LogP contribution in [0.15, 0.2) is 12.1 Å². The van der Waals surface area contributed by atoms with Crippen LogP contribution in [0.3, 0.4) is 0 Å². The quantitative estimate of drug-likeness (QED) is 0.791. The van der Waals surface area contributed by atoms with E-state index in [-0.39, 0.29) is 12.5 Å². The molecule has 0 spiro atoms. The molecule has 17 heavy (non-hydrogen) atoms. The van der Waals surface area contributed by atoms with E-state index in [1.54, 1.807) is 12.1 Å². The summed E-state index contributed by atoms with van der Waals surface area (Å²) in [5.41, 5.74) is 1.22. The number of amides is 1. The second-order valence-electron chi connectivity index (χ2n) is 3.64. The molecule has 0 unspecified atom stereocenters. The van der Waals surface area contributed by atoms with Crippen molar-refractivity contribution in [3.05, 3.63) is 28.3 Å². The SMILES string of the molecule is COc1c(C)cc(Cl)cc1C(=O)NCCCO. The van der Waals surface area contributed by atoms with Gasteiger partial charge in [-0.2, -0.15) is 0 Å². The molecule has 94 valence electrons. The molecule has 0 fully saturated rings. The molecule has 0 radical (unpaired) electrons. The van der Waals surface area contributed by atoms with Gasteiger partial charge in [-0.25, -0.2) is 0 Å². The first kappa shape index (κ1) is 13.8. The molecule has 0 aliphatic rings. The maximum absolute atomic E-state index is 11.9. The number of hydrogen-bond donors (Lipinski definition) is 2. The Kier molecular flexibility index (Phi) is 5.25. The van der Waals surface area contributed by atoms with E-state index in [1.807, 2.05) is 6.92 Å². The lowest BCUT2D eigenvalue weighted by molar-refractivity contribution is 0.0948. The maximum Gasteiger partial charge on any atom is 0.255 e. The van der Waals surface area contributed by atoms with Crippen LogP contribution in [-0.2, 0) is 0 Å². The summed E-state index contributed by atoms with van der Waals surface area (Å²) < 4.78 is 5.19. The fraction of sp³-hybridized carbons (Fsp3) is 0.417. The number of methoxy groups -OCH3 is 1. The van der Waals surface area contributed by atoms with Crippen molar-refractivity contribution >= 4 is 17.5 Å². The Morgan fingerprint density at radius 3 is 2.82 bits per heavy atom. The highest BCUT2D eigenvalue weighted by atomic mass is 35.5. The molecule has 1 aromatic rings. The highest BCUT2D eigenvalue weighted by Crippen LogP contribution is 2.27. The fourth-order valence-electron chi connectivity index (χ4n) is 1.55. The number of aliphatic hydroxyl groups excluding tert-OH is 1. The zero-order valence-corrected chi connectivity index (χ0v) is 10.7. The first-order chi connectivity index (χ1) is 8.10. The number of hydrogen-bond acceptors (Lipinski definition) is 3. The number of aliphatic hydroxyl groups is 1. The molecule has 0 aliphatic carbocycles. The number of aryl methyl sites for hydroxylation is 1. The predicted octanol–water partition coefficient (Wildman–Crippen LogP) is 1.77. The Hall–Kier alpha value is -1.26. The third-order valence-corrected chi connectivity index (χ3v) is 2.53. The van der Waals surface area contributed by atoms with E-state index in [0.717, 1.165) is 5.56 Å². The number of carbonyl (C=O) groups is 1. The van der Waals surface area contributed by atoms with E-state index in [9.17, 15) is 4.79 Å². The fourth-order valence-corrected chi connectivity index (χ4v) is 1.82. The van der Waals surface area contributed by atoms with Crippen LogP contribution >= 0.6 is 11.6 Å². The van der Waals surface area contributed by atoms with Crippen molar-refractivity contribution in [1.29, 1.82) is 0 Å². The van der Waals surface area contributed by atoms with Crippen LogP contribution in [0.1, 0.15) is 22.3 Å². The summed E-state index contributed by atoms with van der Waals surface area (Å²) in [7, 11) is 1.51. The number of halogens is 1. The average molecular weight is 258 g/mol. The molecule has 0 saturated carbocycles. The number of nitrogens with one attached hydrogen (secondary N) is 1. The Bertz CT molecular complexity index is 407. The Labute approximate surface area is 106 Å². The van der Waals surface area contributed by atoms with Crippen LogP contribution in [-0.4, -0.2) is 31.3 Å². The molecule has 0 saturated heterocycles. The maximum atomic E-state index is 11.9. The predicted molar refractivity (Wildman–Crippen MR) is 66.8 cm³/mol. The minimum Gasteiger partial charge on any atom is -0.496 e. The van der Waals surface area contributed by atoms with Gasteiger partial charge in [0.05, 0.1) is 12.7 Å². The van der Waals surface area contributed by atoms with Gasteiger partial charge in [0.15, 0.2) is 0 Å². The normalized spacial score (nSPS) is 10.1. The monoisotopic (exact) mass is 257 g/mol. The highest BCUT2D eigenvalue weighted by molar-refractivity contribution is 6.31. The second kappa shape index (κ2) is 6.47. The average Bonchev–Trinajstić information content (AvgIpc) is 2.28. The number of benzene rings is 1. The van der Waals surface area contributed by atoms with E-state index in [4.69, 9.17) is 21.4 Å². The lowest BCUT2D eigenvalue weighted by Crippen LogP contribution is -2.25. The summed E-state index contributed by atoms with van der Waals surface area (Å²) in [6.45, 7) is 2.30. The summed E-state index contributed by atoms with van der Waals surface area (Å²) in [6.07, 6.45) is 0.521. The van der Waals surface area contributed by atoms with Crippen molar-refractivity contribution < 1.29 is 14.6 Å². The van der Waals surface area contributed by atoms with Gasteiger partial charge in [0.25, 0.3) is 5.91 Å². The van der Waals surface area contributed by atoms with Gasteiger partial charge >= 0.3 is 0 Å². The minimum atomic E-state index is -0.249. The molecule has 0 heterocycles. The van der Waals surface area contributed by atoms with Crippen molar-refractivity contribution in [2.75, 3.05) is 20.3 Å². The molecule has 0 aromatic heterocycles. The summed E-state index contributed by atoms with van der Waals surface area (Å²) in [4.78, 5) is 11.9. The van der Waals surface area contributed by atoms with E-state index in [0.29, 0.717) is 29.3 Å². The Morgan fingerprint density at radius 1 is 1.53 bits per heavy atom. The van der Waals surface area contributed by atoms with Gasteiger partial charge in [-0.1, -0.05) is 11.6 Å². The van der Waals surface area contributed by atoms with Crippen LogP contribution in [0, 0.1) is 6.92 Å². The summed E-state index contributed by atoms with van der Waals surface area (Å²) in [6, 6.07) is 3.31. The molecule has 0 atom stereocenters. The van der Waals surface area contributed by atoms with Crippen LogP contribution in [0.5, 0.6) is 5.75 Å². The smallest absolute Gasteiger partial charge is 0.255 e. The van der Waals surface area contributed by atoms with E-state index in [2.05, 4.69) is 5.32 Å². The van der Waals surface area contributed by atoms with Crippen LogP contribution < -0.4 is 10.1 Å². The van der Waals surface area contributed by atoms with Gasteiger partial charge in [0, 0.05) is 18.2 Å². The van der Waals surface area contributed by atoms with Gasteiger partial charge in [0.1, 0.15) is 5.75 Å². The molecule has 1 aromatic carbocycles. The summed E-state index contributed by atoms with van der Waals surface area (Å²) >= 11 is 5.91. The summed E-state index contributed by atoms with van der Waals surface area (Å²) in [5, 5.41) is 11.8. The summed E-state index contributed by atoms with van der Waals surface area (Å²) in [5.74, 6) is 0.275. The molecule has 1 rings (SSSR count). The largest absolute Gasteiger partial charge is 0.496 e.